The Hall–Kier alpha value is -2.77. The fourth-order valence-corrected chi connectivity index (χ4v) is 4.32. The second-order valence-corrected chi connectivity index (χ2v) is 7.46. The van der Waals surface area contributed by atoms with E-state index in [0.717, 1.165) is 37.8 Å². The van der Waals surface area contributed by atoms with Crippen LogP contribution in [0.4, 0.5) is 13.2 Å². The molecule has 0 saturated carbocycles. The first-order chi connectivity index (χ1) is 13.8. The number of piperidine rings is 1. The second-order valence-electron chi connectivity index (χ2n) is 7.46. The summed E-state index contributed by atoms with van der Waals surface area (Å²) < 4.78 is 43.3. The largest absolute Gasteiger partial charge is 0.573 e. The number of allylic oxidation sites excluding steroid dienone is 2. The van der Waals surface area contributed by atoms with Crippen LogP contribution in [-0.2, 0) is 7.05 Å². The van der Waals surface area contributed by atoms with Crippen molar-refractivity contribution in [3.63, 3.8) is 0 Å². The molecule has 29 heavy (non-hydrogen) atoms. The van der Waals surface area contributed by atoms with Gasteiger partial charge in [-0.15, -0.1) is 13.2 Å². The molecule has 2 heterocycles. The lowest BCUT2D eigenvalue weighted by Gasteiger charge is -2.38. The number of rotatable bonds is 3. The highest BCUT2D eigenvalue weighted by Gasteiger charge is 2.33. The zero-order chi connectivity index (χ0) is 20.6. The van der Waals surface area contributed by atoms with Gasteiger partial charge in [0.1, 0.15) is 5.75 Å². The highest BCUT2D eigenvalue weighted by Crippen LogP contribution is 2.37. The number of hydrogen-bond acceptors (Lipinski definition) is 3. The van der Waals surface area contributed by atoms with Gasteiger partial charge in [-0.05, 0) is 50.2 Å². The third-order valence-corrected chi connectivity index (χ3v) is 5.53. The van der Waals surface area contributed by atoms with E-state index in [0.29, 0.717) is 29.3 Å². The molecule has 5 nitrogen and oxygen atoms in total. The molecule has 0 bridgehead atoms. The van der Waals surface area contributed by atoms with Crippen molar-refractivity contribution in [1.82, 2.24) is 14.7 Å². The monoisotopic (exact) mass is 405 g/mol. The molecule has 8 heteroatoms. The first-order valence-electron chi connectivity index (χ1n) is 9.73. The lowest BCUT2D eigenvalue weighted by Crippen LogP contribution is -2.39. The van der Waals surface area contributed by atoms with Crippen LogP contribution in [0.5, 0.6) is 5.75 Å². The summed E-state index contributed by atoms with van der Waals surface area (Å²) in [5, 5.41) is 4.20. The van der Waals surface area contributed by atoms with Gasteiger partial charge in [0.25, 0.3) is 5.91 Å². The Bertz CT molecular complexity index is 949. The number of alkyl halides is 3. The number of hydrogen-bond donors (Lipinski definition) is 0. The SMILES string of the molecule is Cn1ncc(C(=O)N2CCCC3CCCC=C32)c1-c1cccc(OC(F)(F)F)c1. The van der Waals surface area contributed by atoms with Crippen molar-refractivity contribution >= 4 is 5.91 Å². The topological polar surface area (TPSA) is 47.4 Å². The highest BCUT2D eigenvalue weighted by molar-refractivity contribution is 6.01. The van der Waals surface area contributed by atoms with E-state index in [-0.39, 0.29) is 11.7 Å². The molecule has 0 N–H and O–H groups in total. The molecular formula is C21H22F3N3O2. The van der Waals surface area contributed by atoms with E-state index in [1.54, 1.807) is 13.1 Å². The molecular weight excluding hydrogens is 383 g/mol. The van der Waals surface area contributed by atoms with E-state index in [1.165, 1.54) is 29.1 Å². The molecule has 1 aromatic heterocycles. The van der Waals surface area contributed by atoms with Gasteiger partial charge in [0, 0.05) is 24.9 Å². The van der Waals surface area contributed by atoms with E-state index >= 15 is 0 Å². The lowest BCUT2D eigenvalue weighted by atomic mass is 9.84. The maximum Gasteiger partial charge on any atom is 0.573 e. The fraction of sp³-hybridized carbons (Fsp3) is 0.429. The number of aryl methyl sites for hydroxylation is 1. The number of ether oxygens (including phenoxy) is 1. The summed E-state index contributed by atoms with van der Waals surface area (Å²) in [4.78, 5) is 15.2. The molecule has 0 radical (unpaired) electrons. The van der Waals surface area contributed by atoms with Gasteiger partial charge in [-0.25, -0.2) is 0 Å². The van der Waals surface area contributed by atoms with Crippen molar-refractivity contribution in [2.75, 3.05) is 6.54 Å². The van der Waals surface area contributed by atoms with Crippen LogP contribution in [-0.4, -0.2) is 33.5 Å². The molecule has 1 aliphatic carbocycles. The van der Waals surface area contributed by atoms with Crippen LogP contribution in [0.25, 0.3) is 11.3 Å². The van der Waals surface area contributed by atoms with E-state index < -0.39 is 6.36 Å². The minimum atomic E-state index is -4.78. The Kier molecular flexibility index (Phi) is 5.10. The quantitative estimate of drug-likeness (QED) is 0.729. The van der Waals surface area contributed by atoms with Crippen molar-refractivity contribution < 1.29 is 22.7 Å². The number of aromatic nitrogens is 2. The Labute approximate surface area is 166 Å². The van der Waals surface area contributed by atoms with Gasteiger partial charge in [-0.3, -0.25) is 9.48 Å². The smallest absolute Gasteiger partial charge is 0.406 e. The predicted octanol–water partition coefficient (Wildman–Crippen LogP) is 4.91. The standard InChI is InChI=1S/C21H22F3N3O2/c1-26-19(15-7-4-9-16(12-15)29-21(22,23)24)17(13-25-26)20(28)27-11-5-8-14-6-2-3-10-18(14)27/h4,7,9-10,12-14H,2-3,5-6,8,11H2,1H3. The second kappa shape index (κ2) is 7.57. The Balaban J connectivity index is 1.68. The van der Waals surface area contributed by atoms with Crippen LogP contribution in [0.3, 0.4) is 0 Å². The number of amides is 1. The third kappa shape index (κ3) is 4.02. The number of fused-ring (bicyclic) bond motifs is 1. The van der Waals surface area contributed by atoms with Crippen LogP contribution >= 0.6 is 0 Å². The first-order valence-corrected chi connectivity index (χ1v) is 9.73. The van der Waals surface area contributed by atoms with Gasteiger partial charge >= 0.3 is 6.36 Å². The molecule has 4 rings (SSSR count). The molecule has 1 aromatic carbocycles. The zero-order valence-electron chi connectivity index (χ0n) is 16.1. The maximum absolute atomic E-state index is 13.4. The summed E-state index contributed by atoms with van der Waals surface area (Å²) in [7, 11) is 1.67. The number of carbonyl (C=O) groups is 1. The van der Waals surface area contributed by atoms with Gasteiger partial charge < -0.3 is 9.64 Å². The zero-order valence-corrected chi connectivity index (χ0v) is 16.1. The number of likely N-dealkylation sites (tertiary alicyclic amines) is 1. The molecule has 1 fully saturated rings. The molecule has 2 aromatic rings. The van der Waals surface area contributed by atoms with Crippen molar-refractivity contribution in [3.8, 4) is 17.0 Å². The first kappa shape index (κ1) is 19.5. The van der Waals surface area contributed by atoms with Crippen LogP contribution in [0.15, 0.2) is 42.2 Å². The minimum absolute atomic E-state index is 0.159. The van der Waals surface area contributed by atoms with Crippen LogP contribution in [0.2, 0.25) is 0 Å². The Morgan fingerprint density at radius 3 is 2.83 bits per heavy atom. The van der Waals surface area contributed by atoms with E-state index in [4.69, 9.17) is 0 Å². The van der Waals surface area contributed by atoms with Crippen molar-refractivity contribution in [3.05, 3.63) is 47.8 Å². The van der Waals surface area contributed by atoms with Crippen molar-refractivity contribution in [2.24, 2.45) is 13.0 Å². The molecule has 1 aliphatic heterocycles. The molecule has 2 aliphatic rings. The van der Waals surface area contributed by atoms with Gasteiger partial charge in [-0.2, -0.15) is 5.10 Å². The minimum Gasteiger partial charge on any atom is -0.406 e. The van der Waals surface area contributed by atoms with Crippen molar-refractivity contribution in [1.29, 1.82) is 0 Å². The van der Waals surface area contributed by atoms with E-state index in [9.17, 15) is 18.0 Å². The third-order valence-electron chi connectivity index (χ3n) is 5.53. The van der Waals surface area contributed by atoms with E-state index in [1.807, 2.05) is 4.90 Å². The number of halogens is 3. The van der Waals surface area contributed by atoms with Crippen molar-refractivity contribution in [2.45, 2.75) is 38.5 Å². The average Bonchev–Trinajstić information content (AvgIpc) is 3.07. The normalized spacial score (nSPS) is 19.5. The number of nitrogens with zero attached hydrogens (tertiary/aromatic N) is 3. The van der Waals surface area contributed by atoms with E-state index in [2.05, 4.69) is 15.9 Å². The summed E-state index contributed by atoms with van der Waals surface area (Å²) in [6, 6.07) is 5.63. The number of benzene rings is 1. The Morgan fingerprint density at radius 2 is 2.03 bits per heavy atom. The number of carbonyl (C=O) groups excluding carboxylic acids is 1. The van der Waals surface area contributed by atoms with Gasteiger partial charge in [0.15, 0.2) is 0 Å². The maximum atomic E-state index is 13.4. The summed E-state index contributed by atoms with van der Waals surface area (Å²) in [6.07, 6.45) is 4.09. The van der Waals surface area contributed by atoms with Crippen LogP contribution in [0.1, 0.15) is 42.5 Å². The van der Waals surface area contributed by atoms with Crippen LogP contribution in [0, 0.1) is 5.92 Å². The van der Waals surface area contributed by atoms with Crippen LogP contribution < -0.4 is 4.74 Å². The molecule has 1 amide bonds. The summed E-state index contributed by atoms with van der Waals surface area (Å²) in [5.74, 6) is -0.0826. The summed E-state index contributed by atoms with van der Waals surface area (Å²) in [5.41, 5.74) is 2.38. The van der Waals surface area contributed by atoms with Gasteiger partial charge in [0.2, 0.25) is 0 Å². The molecule has 1 saturated heterocycles. The highest BCUT2D eigenvalue weighted by atomic mass is 19.4. The Morgan fingerprint density at radius 1 is 1.24 bits per heavy atom. The summed E-state index contributed by atoms with van der Waals surface area (Å²) in [6.45, 7) is 0.646. The van der Waals surface area contributed by atoms with Gasteiger partial charge in [-0.1, -0.05) is 18.2 Å². The summed E-state index contributed by atoms with van der Waals surface area (Å²) >= 11 is 0. The molecule has 1 unspecified atom stereocenters. The fourth-order valence-electron chi connectivity index (χ4n) is 4.32. The predicted molar refractivity (Wildman–Crippen MR) is 101 cm³/mol. The molecule has 0 spiro atoms. The lowest BCUT2D eigenvalue weighted by molar-refractivity contribution is -0.274. The average molecular weight is 405 g/mol. The molecule has 154 valence electrons. The van der Waals surface area contributed by atoms with Gasteiger partial charge in [0.05, 0.1) is 17.5 Å². The molecule has 1 atom stereocenters.